The van der Waals surface area contributed by atoms with E-state index in [1.807, 2.05) is 216 Å². The van der Waals surface area contributed by atoms with Gasteiger partial charge in [0.25, 0.3) is 41.4 Å². The van der Waals surface area contributed by atoms with Gasteiger partial charge in [-0.25, -0.2) is 0 Å². The van der Waals surface area contributed by atoms with Crippen molar-refractivity contribution in [2.45, 2.75) is 199 Å². The van der Waals surface area contributed by atoms with Crippen molar-refractivity contribution in [2.24, 2.45) is 0 Å². The molecule has 0 saturated heterocycles. The summed E-state index contributed by atoms with van der Waals surface area (Å²) in [4.78, 5) is 99.5. The molecule has 0 radical (unpaired) electrons. The number of carbonyl (C=O) groups is 8. The number of thiocarbonyl (C=S) groups is 1. The monoisotopic (exact) mass is 1580 g/mol. The van der Waals surface area contributed by atoms with Gasteiger partial charge >= 0.3 is 0 Å². The molecule has 0 aliphatic carbocycles. The number of carbonyl (C=O) groups excluding carboxylic acids is 8. The lowest BCUT2D eigenvalue weighted by Crippen LogP contribution is -2.40. The van der Waals surface area contributed by atoms with E-state index in [4.69, 9.17) is 21.7 Å². The van der Waals surface area contributed by atoms with Gasteiger partial charge in [0.05, 0.1) is 28.8 Å². The standard InChI is InChI=1S/C14H15NO2.C13H16N2O.2C10H13NO2.2C10H13NO.C9H12N2O.C9H13NO2.C5H11NS/c1-9(2)15-14(17)12-7-10-5-3-4-6-11(10)8-13(12)16;1-9(2)14-13(16)8-11-7-10-5-3-4-6-12(10)15-11;1-7(2)11-10(13)8-3-5-9(12)6-4-8;1-7(2)11-10(13)8-5-3-4-6-9(8)12;2*1-8(2)11-10(12)9-6-4-3-5-7-9;1-7(2)11-9(12)8-3-5-10-6-4-8;1-9(2,3)10-8(11)7-5-4-6-12-7;1-4(2)6-5(3)7/h3-9,16H,1-2H3,(H,15,17);3-7,9,15H,8H2,1-2H3,(H,14,16);2*3-7,12H,1-2H3,(H,11,13);2*3-8H,1-2H3,(H,11,12);3-7H,1-2H3,(H,11,12);4-6H,1-3H3,(H,10,11);4H,1-3H3,(H,6,7). The normalized spacial score (nSPS) is 10.3. The molecule has 10 rings (SSSR count). The number of aromatic amines is 1. The Morgan fingerprint density at radius 1 is 0.386 bits per heavy atom. The lowest BCUT2D eigenvalue weighted by Gasteiger charge is -2.19. The highest BCUT2D eigenvalue weighted by Gasteiger charge is 2.18. The van der Waals surface area contributed by atoms with E-state index < -0.39 is 0 Å². The molecule has 0 saturated carbocycles. The van der Waals surface area contributed by atoms with E-state index in [0.717, 1.165) is 32.4 Å². The Bertz CT molecular complexity index is 4350. The number of fused-ring (bicyclic) bond motifs is 2. The summed E-state index contributed by atoms with van der Waals surface area (Å²) in [5.74, 6) is -0.238. The van der Waals surface area contributed by atoms with Gasteiger partial charge in [0, 0.05) is 99.7 Å². The number of aromatic nitrogens is 2. The summed E-state index contributed by atoms with van der Waals surface area (Å²) in [5, 5.41) is 56.5. The summed E-state index contributed by atoms with van der Waals surface area (Å²) >= 11 is 4.76. The number of nitrogens with zero attached hydrogens (tertiary/aromatic N) is 1. The highest BCUT2D eigenvalue weighted by Crippen LogP contribution is 2.25. The molecule has 0 aliphatic rings. The molecule has 13 N–H and O–H groups in total. The Labute approximate surface area is 678 Å². The molecule has 3 aromatic heterocycles. The molecule has 0 atom stereocenters. The number of amides is 8. The first-order chi connectivity index (χ1) is 53.6. The molecule has 0 bridgehead atoms. The van der Waals surface area contributed by atoms with Crippen LogP contribution in [0.25, 0.3) is 21.7 Å². The third kappa shape index (κ3) is 42.9. The fraction of sp³-hybridized carbons (Fsp3) is 0.333. The van der Waals surface area contributed by atoms with E-state index >= 15 is 0 Å². The average Bonchev–Trinajstić information content (AvgIpc) is 1.50. The maximum absolute atomic E-state index is 11.8. The quantitative estimate of drug-likeness (QED) is 0.0377. The van der Waals surface area contributed by atoms with Crippen LogP contribution in [0.4, 0.5) is 0 Å². The topological polar surface area (TPSA) is 347 Å². The molecule has 612 valence electrons. The van der Waals surface area contributed by atoms with Crippen LogP contribution < -0.4 is 47.9 Å². The van der Waals surface area contributed by atoms with Crippen LogP contribution in [-0.2, 0) is 11.2 Å². The number of aromatic hydroxyl groups is 3. The zero-order valence-corrected chi connectivity index (χ0v) is 70.3. The summed E-state index contributed by atoms with van der Waals surface area (Å²) < 4.78 is 4.93. The van der Waals surface area contributed by atoms with Crippen molar-refractivity contribution in [2.75, 3.05) is 0 Å². The maximum atomic E-state index is 11.8. The molecule has 3 heterocycles. The minimum atomic E-state index is -0.247. The molecule has 10 aromatic rings. The molecule has 8 amide bonds. The fourth-order valence-electron chi connectivity index (χ4n) is 9.42. The highest BCUT2D eigenvalue weighted by atomic mass is 32.1. The Morgan fingerprint density at radius 3 is 1.16 bits per heavy atom. The third-order valence-corrected chi connectivity index (χ3v) is 14.1. The van der Waals surface area contributed by atoms with Crippen LogP contribution in [0.1, 0.15) is 217 Å². The number of hydrogen-bond donors (Lipinski definition) is 13. The smallest absolute Gasteiger partial charge is 0.287 e. The van der Waals surface area contributed by atoms with Crippen molar-refractivity contribution in [3.8, 4) is 17.2 Å². The van der Waals surface area contributed by atoms with Crippen molar-refractivity contribution < 1.29 is 58.1 Å². The second-order valence-corrected chi connectivity index (χ2v) is 29.9. The maximum Gasteiger partial charge on any atom is 0.287 e. The zero-order chi connectivity index (χ0) is 85.6. The van der Waals surface area contributed by atoms with E-state index in [-0.39, 0.29) is 112 Å². The number of pyridine rings is 1. The zero-order valence-electron chi connectivity index (χ0n) is 69.5. The van der Waals surface area contributed by atoms with Crippen LogP contribution >= 0.6 is 12.2 Å². The molecule has 24 heteroatoms. The number of nitrogens with one attached hydrogen (secondary N) is 10. The third-order valence-electron chi connectivity index (χ3n) is 14.0. The van der Waals surface area contributed by atoms with Crippen LogP contribution in [0, 0.1) is 0 Å². The van der Waals surface area contributed by atoms with Gasteiger partial charge in [-0.3, -0.25) is 43.3 Å². The van der Waals surface area contributed by atoms with Crippen LogP contribution in [0.3, 0.4) is 0 Å². The van der Waals surface area contributed by atoms with E-state index in [1.54, 1.807) is 103 Å². The summed E-state index contributed by atoms with van der Waals surface area (Å²) in [6.07, 6.45) is 5.11. The van der Waals surface area contributed by atoms with E-state index in [9.17, 15) is 48.6 Å². The molecular formula is C90H119N11O12S. The SMILES string of the molecule is CC(=S)NC(C)C.CC(C)(C)NC(=O)c1ccco1.CC(C)NC(=O)Cc1cc2ccccc2[nH]1.CC(C)NC(=O)c1cc2ccccc2cc1O.CC(C)NC(=O)c1ccc(O)cc1.CC(C)NC(=O)c1ccccc1.CC(C)NC(=O)c1ccccc1.CC(C)NC(=O)c1ccccc1O.CC(C)NC(=O)c1ccncc1. The van der Waals surface area contributed by atoms with Crippen LogP contribution in [-0.4, -0.2) is 131 Å². The van der Waals surface area contributed by atoms with Crippen molar-refractivity contribution in [3.05, 3.63) is 264 Å². The van der Waals surface area contributed by atoms with Crippen molar-refractivity contribution in [1.29, 1.82) is 0 Å². The van der Waals surface area contributed by atoms with Gasteiger partial charge < -0.3 is 72.6 Å². The number of benzene rings is 7. The number of rotatable bonds is 17. The van der Waals surface area contributed by atoms with Gasteiger partial charge in [0.15, 0.2) is 5.76 Å². The first kappa shape index (κ1) is 97.9. The van der Waals surface area contributed by atoms with Crippen molar-refractivity contribution in [1.82, 2.24) is 57.8 Å². The van der Waals surface area contributed by atoms with E-state index in [2.05, 4.69) is 71.7 Å². The van der Waals surface area contributed by atoms with Crippen LogP contribution in [0.2, 0.25) is 0 Å². The van der Waals surface area contributed by atoms with Gasteiger partial charge in [-0.1, -0.05) is 103 Å². The Kier molecular flexibility index (Phi) is 44.8. The second-order valence-electron chi connectivity index (χ2n) is 29.3. The minimum absolute atomic E-state index is 0.00870. The lowest BCUT2D eigenvalue weighted by molar-refractivity contribution is -0.121. The van der Waals surface area contributed by atoms with E-state index in [1.165, 1.54) is 24.5 Å². The highest BCUT2D eigenvalue weighted by molar-refractivity contribution is 7.80. The molecule has 7 aromatic carbocycles. The van der Waals surface area contributed by atoms with Gasteiger partial charge in [-0.15, -0.1) is 0 Å². The average molecular weight is 1580 g/mol. The molecule has 0 spiro atoms. The number of furan rings is 1. The first-order valence-electron chi connectivity index (χ1n) is 37.8. The van der Waals surface area contributed by atoms with Crippen LogP contribution in [0.5, 0.6) is 17.2 Å². The fourth-order valence-corrected chi connectivity index (χ4v) is 9.66. The largest absolute Gasteiger partial charge is 0.508 e. The predicted octanol–water partition coefficient (Wildman–Crippen LogP) is 16.0. The summed E-state index contributed by atoms with van der Waals surface area (Å²) in [6, 6.07) is 60.3. The van der Waals surface area contributed by atoms with Gasteiger partial charge in [0.1, 0.15) is 17.2 Å². The summed E-state index contributed by atoms with van der Waals surface area (Å²) in [5.41, 5.74) is 5.09. The molecule has 0 unspecified atom stereocenters. The summed E-state index contributed by atoms with van der Waals surface area (Å²) in [6.45, 7) is 38.7. The number of para-hydroxylation sites is 2. The number of hydrogen-bond acceptors (Lipinski definition) is 14. The van der Waals surface area contributed by atoms with Crippen molar-refractivity contribution >= 4 is 86.1 Å². The first-order valence-corrected chi connectivity index (χ1v) is 38.2. The van der Waals surface area contributed by atoms with Crippen molar-refractivity contribution in [3.63, 3.8) is 0 Å². The molecule has 114 heavy (non-hydrogen) atoms. The van der Waals surface area contributed by atoms with Crippen LogP contribution in [0.15, 0.2) is 223 Å². The Morgan fingerprint density at radius 2 is 0.763 bits per heavy atom. The summed E-state index contributed by atoms with van der Waals surface area (Å²) in [7, 11) is 0. The minimum Gasteiger partial charge on any atom is -0.508 e. The van der Waals surface area contributed by atoms with Gasteiger partial charge in [-0.05, 0) is 264 Å². The second kappa shape index (κ2) is 52.1. The van der Waals surface area contributed by atoms with Gasteiger partial charge in [-0.2, -0.15) is 0 Å². The van der Waals surface area contributed by atoms with Gasteiger partial charge in [0.2, 0.25) is 5.91 Å². The molecular weight excluding hydrogens is 1460 g/mol. The lowest BCUT2D eigenvalue weighted by atomic mass is 10.1. The molecule has 0 fully saturated rings. The Balaban J connectivity index is 0.000000438. The Hall–Kier alpha value is -12.2. The van der Waals surface area contributed by atoms with E-state index in [0.29, 0.717) is 51.6 Å². The molecule has 23 nitrogen and oxygen atoms in total. The number of phenolic OH excluding ortho intramolecular Hbond substituents is 3. The number of phenols is 3. The number of H-pyrrole nitrogens is 1. The molecule has 0 aliphatic heterocycles. The predicted molar refractivity (Wildman–Crippen MR) is 462 cm³/mol.